The van der Waals surface area contributed by atoms with Crippen LogP contribution in [0.25, 0.3) is 0 Å². The molecule has 1 aromatic rings. The van der Waals surface area contributed by atoms with E-state index in [2.05, 4.69) is 29.2 Å². The first kappa shape index (κ1) is 9.65. The standard InChI is InChI=1S/C10H18N4/c1-3-14-9(12-8-13-14)6-11-7-10(2)4-5-10/h8,11H,3-7H2,1-2H3. The summed E-state index contributed by atoms with van der Waals surface area (Å²) in [6.45, 7) is 7.24. The molecule has 0 spiro atoms. The Kier molecular flexibility index (Phi) is 2.54. The van der Waals surface area contributed by atoms with Gasteiger partial charge in [-0.05, 0) is 25.2 Å². The molecule has 1 aromatic heterocycles. The van der Waals surface area contributed by atoms with Crippen LogP contribution in [0.4, 0.5) is 0 Å². The summed E-state index contributed by atoms with van der Waals surface area (Å²) in [5.41, 5.74) is 0.567. The van der Waals surface area contributed by atoms with Crippen LogP contribution in [-0.2, 0) is 13.1 Å². The minimum absolute atomic E-state index is 0.567. The van der Waals surface area contributed by atoms with E-state index in [-0.39, 0.29) is 0 Å². The van der Waals surface area contributed by atoms with Crippen molar-refractivity contribution in [3.8, 4) is 0 Å². The molecule has 0 radical (unpaired) electrons. The van der Waals surface area contributed by atoms with Gasteiger partial charge in [0.1, 0.15) is 12.2 Å². The van der Waals surface area contributed by atoms with E-state index in [1.807, 2.05) is 4.68 Å². The molecule has 0 bridgehead atoms. The van der Waals surface area contributed by atoms with Gasteiger partial charge in [0.25, 0.3) is 0 Å². The van der Waals surface area contributed by atoms with Gasteiger partial charge in [0.05, 0.1) is 6.54 Å². The van der Waals surface area contributed by atoms with Crippen LogP contribution in [0.3, 0.4) is 0 Å². The van der Waals surface area contributed by atoms with Gasteiger partial charge in [-0.15, -0.1) is 0 Å². The van der Waals surface area contributed by atoms with Crippen LogP contribution >= 0.6 is 0 Å². The van der Waals surface area contributed by atoms with Crippen molar-refractivity contribution in [3.63, 3.8) is 0 Å². The molecule has 0 saturated heterocycles. The maximum atomic E-state index is 4.22. The third-order valence-electron chi connectivity index (χ3n) is 2.93. The highest BCUT2D eigenvalue weighted by molar-refractivity contribution is 4.91. The molecule has 0 amide bonds. The summed E-state index contributed by atoms with van der Waals surface area (Å²) in [5, 5.41) is 7.57. The SMILES string of the molecule is CCn1ncnc1CNCC1(C)CC1. The van der Waals surface area contributed by atoms with Gasteiger partial charge in [0, 0.05) is 13.1 Å². The first-order valence-electron chi connectivity index (χ1n) is 5.31. The van der Waals surface area contributed by atoms with Crippen LogP contribution < -0.4 is 5.32 Å². The molecule has 1 aliphatic carbocycles. The van der Waals surface area contributed by atoms with Gasteiger partial charge in [-0.2, -0.15) is 5.10 Å². The molecular formula is C10H18N4. The van der Waals surface area contributed by atoms with E-state index in [9.17, 15) is 0 Å². The molecule has 78 valence electrons. The maximum Gasteiger partial charge on any atom is 0.140 e. The monoisotopic (exact) mass is 194 g/mol. The summed E-state index contributed by atoms with van der Waals surface area (Å²) in [5.74, 6) is 1.04. The number of nitrogens with one attached hydrogen (secondary N) is 1. The topological polar surface area (TPSA) is 42.7 Å². The zero-order chi connectivity index (χ0) is 10.0. The first-order chi connectivity index (χ1) is 6.73. The molecule has 0 aromatic carbocycles. The minimum Gasteiger partial charge on any atom is -0.309 e. The van der Waals surface area contributed by atoms with Crippen molar-refractivity contribution in [1.29, 1.82) is 0 Å². The van der Waals surface area contributed by atoms with Gasteiger partial charge in [-0.3, -0.25) is 0 Å². The third kappa shape index (κ3) is 2.12. The minimum atomic E-state index is 0.567. The van der Waals surface area contributed by atoms with E-state index in [0.717, 1.165) is 25.5 Å². The van der Waals surface area contributed by atoms with E-state index in [0.29, 0.717) is 5.41 Å². The Bertz CT molecular complexity index is 301. The fourth-order valence-corrected chi connectivity index (χ4v) is 1.56. The Balaban J connectivity index is 1.79. The molecule has 4 heteroatoms. The summed E-state index contributed by atoms with van der Waals surface area (Å²) in [6, 6.07) is 0. The molecule has 1 fully saturated rings. The number of hydrogen-bond donors (Lipinski definition) is 1. The van der Waals surface area contributed by atoms with Gasteiger partial charge >= 0.3 is 0 Å². The Morgan fingerprint density at radius 2 is 2.36 bits per heavy atom. The summed E-state index contributed by atoms with van der Waals surface area (Å²) in [4.78, 5) is 4.22. The van der Waals surface area contributed by atoms with Gasteiger partial charge < -0.3 is 5.32 Å². The van der Waals surface area contributed by atoms with E-state index in [4.69, 9.17) is 0 Å². The second-order valence-electron chi connectivity index (χ2n) is 4.41. The smallest absolute Gasteiger partial charge is 0.140 e. The number of aromatic nitrogens is 3. The predicted octanol–water partition coefficient (Wildman–Crippen LogP) is 1.19. The van der Waals surface area contributed by atoms with Crippen LogP contribution in [0, 0.1) is 5.41 Å². The molecule has 1 aliphatic rings. The van der Waals surface area contributed by atoms with Crippen molar-refractivity contribution in [2.45, 2.75) is 39.8 Å². The van der Waals surface area contributed by atoms with E-state index in [1.165, 1.54) is 12.8 Å². The Labute approximate surface area is 84.7 Å². The highest BCUT2D eigenvalue weighted by atomic mass is 15.3. The average Bonchev–Trinajstić information content (AvgIpc) is 2.75. The molecule has 0 aliphatic heterocycles. The molecule has 14 heavy (non-hydrogen) atoms. The predicted molar refractivity (Wildman–Crippen MR) is 54.7 cm³/mol. The molecule has 1 N–H and O–H groups in total. The van der Waals surface area contributed by atoms with Crippen LogP contribution in [0.5, 0.6) is 0 Å². The zero-order valence-corrected chi connectivity index (χ0v) is 8.95. The first-order valence-corrected chi connectivity index (χ1v) is 5.31. The number of hydrogen-bond acceptors (Lipinski definition) is 3. The fraction of sp³-hybridized carbons (Fsp3) is 0.800. The molecule has 4 nitrogen and oxygen atoms in total. The van der Waals surface area contributed by atoms with Crippen molar-refractivity contribution < 1.29 is 0 Å². The Morgan fingerprint density at radius 3 is 3.00 bits per heavy atom. The Hall–Kier alpha value is -0.900. The Morgan fingerprint density at radius 1 is 1.57 bits per heavy atom. The van der Waals surface area contributed by atoms with Crippen molar-refractivity contribution >= 4 is 0 Å². The second kappa shape index (κ2) is 3.69. The molecule has 1 saturated carbocycles. The summed E-state index contributed by atoms with van der Waals surface area (Å²) in [6.07, 6.45) is 4.35. The summed E-state index contributed by atoms with van der Waals surface area (Å²) in [7, 11) is 0. The van der Waals surface area contributed by atoms with E-state index < -0.39 is 0 Å². The van der Waals surface area contributed by atoms with Crippen LogP contribution in [-0.4, -0.2) is 21.3 Å². The van der Waals surface area contributed by atoms with Crippen LogP contribution in [0.1, 0.15) is 32.5 Å². The van der Waals surface area contributed by atoms with Gasteiger partial charge in [-0.25, -0.2) is 9.67 Å². The highest BCUT2D eigenvalue weighted by Gasteiger charge is 2.36. The van der Waals surface area contributed by atoms with Crippen molar-refractivity contribution in [2.75, 3.05) is 6.54 Å². The normalized spacial score (nSPS) is 18.4. The molecule has 1 heterocycles. The van der Waals surface area contributed by atoms with Gasteiger partial charge in [0.15, 0.2) is 0 Å². The lowest BCUT2D eigenvalue weighted by atomic mass is 10.1. The zero-order valence-electron chi connectivity index (χ0n) is 8.95. The lowest BCUT2D eigenvalue weighted by molar-refractivity contribution is 0.481. The fourth-order valence-electron chi connectivity index (χ4n) is 1.56. The lowest BCUT2D eigenvalue weighted by Crippen LogP contribution is -2.23. The van der Waals surface area contributed by atoms with E-state index >= 15 is 0 Å². The summed E-state index contributed by atoms with van der Waals surface area (Å²) >= 11 is 0. The van der Waals surface area contributed by atoms with Crippen molar-refractivity contribution in [3.05, 3.63) is 12.2 Å². The largest absolute Gasteiger partial charge is 0.309 e. The average molecular weight is 194 g/mol. The highest BCUT2D eigenvalue weighted by Crippen LogP contribution is 2.44. The van der Waals surface area contributed by atoms with Crippen LogP contribution in [0.15, 0.2) is 6.33 Å². The third-order valence-corrected chi connectivity index (χ3v) is 2.93. The molecule has 2 rings (SSSR count). The number of aryl methyl sites for hydroxylation is 1. The number of rotatable bonds is 5. The summed E-state index contributed by atoms with van der Waals surface area (Å²) < 4.78 is 1.93. The van der Waals surface area contributed by atoms with Crippen molar-refractivity contribution in [1.82, 2.24) is 20.1 Å². The van der Waals surface area contributed by atoms with Gasteiger partial charge in [-0.1, -0.05) is 6.92 Å². The molecule has 0 unspecified atom stereocenters. The van der Waals surface area contributed by atoms with Crippen LogP contribution in [0.2, 0.25) is 0 Å². The van der Waals surface area contributed by atoms with Crippen molar-refractivity contribution in [2.24, 2.45) is 5.41 Å². The molecule has 0 atom stereocenters. The number of nitrogens with zero attached hydrogens (tertiary/aromatic N) is 3. The second-order valence-corrected chi connectivity index (χ2v) is 4.41. The van der Waals surface area contributed by atoms with E-state index in [1.54, 1.807) is 6.33 Å². The lowest BCUT2D eigenvalue weighted by Gasteiger charge is -2.09. The quantitative estimate of drug-likeness (QED) is 0.765. The maximum absolute atomic E-state index is 4.22. The van der Waals surface area contributed by atoms with Gasteiger partial charge in [0.2, 0.25) is 0 Å². The molecular weight excluding hydrogens is 176 g/mol.